The van der Waals surface area contributed by atoms with Crippen molar-refractivity contribution in [1.82, 2.24) is 15.0 Å². The molecule has 14 nitrogen and oxygen atoms in total. The lowest BCUT2D eigenvalue weighted by molar-refractivity contribution is -0.573. The molecule has 118 heavy (non-hydrogen) atoms. The molecule has 6 bridgehead atoms. The summed E-state index contributed by atoms with van der Waals surface area (Å²) in [7, 11) is 1.53. The smallest absolute Gasteiger partial charge is 0.273 e. The van der Waals surface area contributed by atoms with Crippen molar-refractivity contribution < 1.29 is 28.8 Å². The number of aldehydes is 1. The SMILES string of the molecule is CC1(C(=O)Nc2nc(-c3cccc4ccccc34)cs2)CC2(Br)c3ccccc3C1c1ccccc12.COc1cc(-c2ccc(-c3csc(NC(=O)C4(C)CC5([N+](=O)[O-])c6ccccc6C4c4ccccc45)n3)cc2C=O)ccc1Cl.Cc1ccc(-c2csc(NC(=O)C3(C)CC4(Br)c5ccccc5C3c3ccccc34)n2)c2ccccc12. The summed E-state index contributed by atoms with van der Waals surface area (Å²) >= 11 is 18.7. The molecule has 15 aromatic rings. The number of hydrogen-bond donors (Lipinski definition) is 3. The van der Waals surface area contributed by atoms with E-state index in [-0.39, 0.29) is 46.8 Å². The fraction of sp³-hybridized carbons (Fsp3) is 0.173. The first kappa shape index (κ1) is 76.5. The Bertz CT molecular complexity index is 6550. The normalized spacial score (nSPS) is 22.6. The van der Waals surface area contributed by atoms with E-state index in [1.165, 1.54) is 107 Å². The van der Waals surface area contributed by atoms with Crippen molar-refractivity contribution in [2.75, 3.05) is 23.1 Å². The fourth-order valence-corrected chi connectivity index (χ4v) is 25.1. The van der Waals surface area contributed by atoms with Crippen molar-refractivity contribution >= 4 is 138 Å². The molecule has 3 heterocycles. The number of halogens is 3. The molecule has 3 unspecified atom stereocenters. The molecular formula is C98H74Br2ClN7O7S3. The molecule has 3 aromatic heterocycles. The van der Waals surface area contributed by atoms with E-state index in [9.17, 15) is 29.3 Å². The van der Waals surface area contributed by atoms with Gasteiger partial charge in [0.2, 0.25) is 17.7 Å². The summed E-state index contributed by atoms with van der Waals surface area (Å²) in [6.07, 6.45) is 2.18. The van der Waals surface area contributed by atoms with Crippen LogP contribution in [0.5, 0.6) is 5.75 Å². The number of nitrogens with zero attached hydrogens (tertiary/aromatic N) is 4. The lowest BCUT2D eigenvalue weighted by Gasteiger charge is -2.54. The first-order chi connectivity index (χ1) is 57.1. The van der Waals surface area contributed by atoms with E-state index in [1.54, 1.807) is 18.2 Å². The summed E-state index contributed by atoms with van der Waals surface area (Å²) in [6.45, 7) is 8.15. The molecule has 9 aliphatic rings. The van der Waals surface area contributed by atoms with Gasteiger partial charge in [0.1, 0.15) is 5.75 Å². The Morgan fingerprint density at radius 2 is 0.839 bits per heavy atom. The second-order valence-corrected chi connectivity index (χ2v) is 37.8. The van der Waals surface area contributed by atoms with Gasteiger partial charge in [0.15, 0.2) is 21.7 Å². The van der Waals surface area contributed by atoms with E-state index in [0.717, 1.165) is 50.9 Å². The topological polar surface area (TPSA) is 195 Å². The predicted octanol–water partition coefficient (Wildman–Crippen LogP) is 24.5. The molecule has 0 radical (unpaired) electrons. The molecule has 20 heteroatoms. The molecule has 3 amide bonds. The third-order valence-corrected chi connectivity index (χ3v) is 30.3. The summed E-state index contributed by atoms with van der Waals surface area (Å²) in [6, 6.07) is 87.0. The predicted molar refractivity (Wildman–Crippen MR) is 480 cm³/mol. The zero-order valence-electron chi connectivity index (χ0n) is 64.5. The van der Waals surface area contributed by atoms with Crippen molar-refractivity contribution in [2.45, 2.75) is 78.9 Å². The number of rotatable bonds is 13. The third kappa shape index (κ3) is 12.1. The van der Waals surface area contributed by atoms with Crippen LogP contribution in [0.15, 0.2) is 277 Å². The summed E-state index contributed by atoms with van der Waals surface area (Å²) < 4.78 is 4.55. The highest BCUT2D eigenvalue weighted by molar-refractivity contribution is 9.10. The second-order valence-electron chi connectivity index (χ2n) is 32.1. The molecule has 0 saturated carbocycles. The first-order valence-corrected chi connectivity index (χ1v) is 43.5. The van der Waals surface area contributed by atoms with Crippen LogP contribution in [0.2, 0.25) is 5.02 Å². The molecule has 0 fully saturated rings. The molecule has 0 saturated heterocycles. The molecule has 24 rings (SSSR count). The van der Waals surface area contributed by atoms with Gasteiger partial charge in [-0.25, -0.2) is 15.0 Å². The minimum absolute atomic E-state index is 0.0122. The summed E-state index contributed by atoms with van der Waals surface area (Å²) in [5, 5.41) is 35.1. The van der Waals surface area contributed by atoms with Gasteiger partial charge >= 0.3 is 0 Å². The van der Waals surface area contributed by atoms with Crippen LogP contribution in [-0.4, -0.2) is 51.0 Å². The number of anilines is 3. The number of benzene rings is 12. The number of fused-ring (bicyclic) bond motifs is 5. The van der Waals surface area contributed by atoms with E-state index in [2.05, 4.69) is 237 Å². The maximum absolute atomic E-state index is 14.2. The minimum atomic E-state index is -1.54. The molecule has 0 spiro atoms. The van der Waals surface area contributed by atoms with Crippen LogP contribution in [0.3, 0.4) is 0 Å². The number of carbonyl (C=O) groups is 4. The average Bonchev–Trinajstić information content (AvgIpc) is 0.693. The van der Waals surface area contributed by atoms with Gasteiger partial charge in [0.25, 0.3) is 5.54 Å². The molecule has 582 valence electrons. The Balaban J connectivity index is 0.000000118. The lowest BCUT2D eigenvalue weighted by Crippen LogP contribution is -2.57. The number of aryl methyl sites for hydroxylation is 1. The van der Waals surface area contributed by atoms with Gasteiger partial charge in [0, 0.05) is 78.6 Å². The maximum Gasteiger partial charge on any atom is 0.273 e. The first-order valence-electron chi connectivity index (χ1n) is 38.9. The Kier molecular flexibility index (Phi) is 19.0. The fourth-order valence-electron chi connectivity index (χ4n) is 20.1. The zero-order chi connectivity index (χ0) is 81.4. The van der Waals surface area contributed by atoms with Gasteiger partial charge < -0.3 is 20.7 Å². The minimum Gasteiger partial charge on any atom is -0.495 e. The van der Waals surface area contributed by atoms with Crippen LogP contribution in [0.4, 0.5) is 15.4 Å². The maximum atomic E-state index is 14.2. The van der Waals surface area contributed by atoms with E-state index in [1.807, 2.05) is 102 Å². The Morgan fingerprint density at radius 1 is 0.458 bits per heavy atom. The van der Waals surface area contributed by atoms with Gasteiger partial charge in [-0.05, 0) is 153 Å². The van der Waals surface area contributed by atoms with Crippen molar-refractivity contribution in [2.24, 2.45) is 16.2 Å². The average molecular weight is 1750 g/mol. The number of amides is 3. The van der Waals surface area contributed by atoms with Crippen LogP contribution in [0.1, 0.15) is 140 Å². The van der Waals surface area contributed by atoms with E-state index in [4.69, 9.17) is 26.3 Å². The summed E-state index contributed by atoms with van der Waals surface area (Å²) in [5.41, 5.74) is 17.4. The Labute approximate surface area is 715 Å². The van der Waals surface area contributed by atoms with Crippen molar-refractivity contribution in [3.63, 3.8) is 0 Å². The summed E-state index contributed by atoms with van der Waals surface area (Å²) in [5.74, 6) is -0.184. The zero-order valence-corrected chi connectivity index (χ0v) is 70.9. The second kappa shape index (κ2) is 29.3. The standard InChI is InChI=1S/C35H26ClN3O5S.C32H25BrN2OS.C31H23BrN2OS/c1-34(19-35(39(42)43)26-9-5-3-7-24(26)31(34)25-8-4-6-10-27(25)35)32(41)38-33-37-29(18-45-33)21-11-13-23(22(15-21)17-40)20-12-14-28(36)30(16-20)44-2;1-19-15-16-22(21-10-4-3-9-20(19)21)27-17-37-30(34-27)35-29(36)31(2)18-32(33)25-13-7-5-11-23(25)28(31)24-12-6-8-14-26(24)32;1-30(18-31(32)24-15-6-4-12-22(24)27(30)23-13-5-7-16-25(23)31)28(35)34-29-33-26(17-36-29)21-14-8-10-19-9-2-3-11-20(19)21/h3-18,31H,19H2,1-2H3,(H,37,38,41);3-17,28H,18H2,1-2H3,(H,34,35,36);2-17,27H,18H2,1H3,(H,33,34,35). The van der Waals surface area contributed by atoms with Crippen LogP contribution in [0.25, 0.3) is 66.4 Å². The number of nitrogens with one attached hydrogen (secondary N) is 3. The lowest BCUT2D eigenvalue weighted by atomic mass is 9.49. The number of thiazole rings is 3. The number of nitro groups is 1. The largest absolute Gasteiger partial charge is 0.495 e. The van der Waals surface area contributed by atoms with Gasteiger partial charge in [-0.1, -0.05) is 286 Å². The number of ether oxygens (including phenoxy) is 1. The van der Waals surface area contributed by atoms with Crippen molar-refractivity contribution in [3.8, 4) is 50.6 Å². The highest BCUT2D eigenvalue weighted by atomic mass is 79.9. The summed E-state index contributed by atoms with van der Waals surface area (Å²) in [4.78, 5) is 81.4. The molecular weight excluding hydrogens is 1680 g/mol. The number of hydrogen-bond acceptors (Lipinski definition) is 13. The van der Waals surface area contributed by atoms with Crippen LogP contribution in [0, 0.1) is 33.3 Å². The molecule has 12 aromatic carbocycles. The van der Waals surface area contributed by atoms with Crippen molar-refractivity contribution in [1.29, 1.82) is 0 Å². The van der Waals surface area contributed by atoms with Crippen LogP contribution in [-0.2, 0) is 28.6 Å². The van der Waals surface area contributed by atoms with E-state index in [0.29, 0.717) is 72.5 Å². The molecule has 9 aliphatic carbocycles. The van der Waals surface area contributed by atoms with Crippen molar-refractivity contribution in [3.05, 3.63) is 370 Å². The number of alkyl halides is 2. The number of methoxy groups -OCH3 is 1. The quantitative estimate of drug-likeness (QED) is 0.0432. The monoisotopic (exact) mass is 1750 g/mol. The van der Waals surface area contributed by atoms with E-state index >= 15 is 0 Å². The van der Waals surface area contributed by atoms with E-state index < -0.39 is 30.4 Å². The number of aromatic nitrogens is 3. The number of carbonyl (C=O) groups excluding carboxylic acids is 4. The molecule has 3 atom stereocenters. The molecule has 3 N–H and O–H groups in total. The highest BCUT2D eigenvalue weighted by Gasteiger charge is 2.68. The van der Waals surface area contributed by atoms with Gasteiger partial charge in [-0.3, -0.25) is 29.3 Å². The molecule has 0 aliphatic heterocycles. The van der Waals surface area contributed by atoms with Gasteiger partial charge in [-0.15, -0.1) is 34.0 Å². The van der Waals surface area contributed by atoms with Gasteiger partial charge in [-0.2, -0.15) is 0 Å². The van der Waals surface area contributed by atoms with Crippen LogP contribution < -0.4 is 20.7 Å². The van der Waals surface area contributed by atoms with Crippen LogP contribution >= 0.6 is 77.5 Å². The highest BCUT2D eigenvalue weighted by Crippen LogP contribution is 2.69. The Morgan fingerprint density at radius 3 is 1.31 bits per heavy atom. The van der Waals surface area contributed by atoms with Gasteiger partial charge in [0.05, 0.1) is 54.1 Å². The third-order valence-electron chi connectivity index (χ3n) is 25.4. The Hall–Kier alpha value is -11.4.